The third kappa shape index (κ3) is 8.33. The van der Waals surface area contributed by atoms with Gasteiger partial charge in [-0.05, 0) is 41.5 Å². The first-order chi connectivity index (χ1) is 23.4. The molecule has 0 radical (unpaired) electrons. The van der Waals surface area contributed by atoms with Crippen LogP contribution in [0.25, 0.3) is 11.1 Å². The van der Waals surface area contributed by atoms with Gasteiger partial charge >= 0.3 is 12.0 Å². The van der Waals surface area contributed by atoms with Crippen LogP contribution in [0.15, 0.2) is 97.1 Å². The molecule has 0 aliphatic rings. The molecule has 1 atom stereocenters. The molecule has 1 aromatic heterocycles. The Balaban J connectivity index is 1.57. The maximum absolute atomic E-state index is 13.2. The topological polar surface area (TPSA) is 169 Å². The summed E-state index contributed by atoms with van der Waals surface area (Å²) in [6.07, 6.45) is -0.156. The Morgan fingerprint density at radius 2 is 1.38 bits per heavy atom. The SMILES string of the molecule is COc1ccccc1NC(=O)Nc1nc(Nc2ccccc2-c2ccccc2)nc(C(NCCC(=O)O)c2ccc(OC)c(OC)c2)n1. The van der Waals surface area contributed by atoms with Crippen molar-refractivity contribution >= 4 is 35.3 Å². The second-order valence-corrected chi connectivity index (χ2v) is 10.3. The van der Waals surface area contributed by atoms with Gasteiger partial charge in [0.05, 0.1) is 39.5 Å². The van der Waals surface area contributed by atoms with E-state index < -0.39 is 18.0 Å². The van der Waals surface area contributed by atoms with Crippen LogP contribution in [0.2, 0.25) is 0 Å². The normalized spacial score (nSPS) is 11.2. The molecule has 13 nitrogen and oxygen atoms in total. The molecule has 246 valence electrons. The van der Waals surface area contributed by atoms with Crippen molar-refractivity contribution in [3.63, 3.8) is 0 Å². The molecule has 0 aliphatic heterocycles. The predicted molar refractivity (Wildman–Crippen MR) is 182 cm³/mol. The van der Waals surface area contributed by atoms with Gasteiger partial charge in [-0.2, -0.15) is 15.0 Å². The first-order valence-electron chi connectivity index (χ1n) is 14.9. The number of carboxylic acid groups (broad SMARTS) is 1. The molecule has 4 aromatic carbocycles. The number of carboxylic acids is 1. The predicted octanol–water partition coefficient (Wildman–Crippen LogP) is 6.11. The van der Waals surface area contributed by atoms with Gasteiger partial charge in [-0.1, -0.05) is 66.7 Å². The summed E-state index contributed by atoms with van der Waals surface area (Å²) in [4.78, 5) is 38.5. The smallest absolute Gasteiger partial charge is 0.326 e. The van der Waals surface area contributed by atoms with Crippen LogP contribution in [0, 0.1) is 0 Å². The van der Waals surface area contributed by atoms with E-state index in [2.05, 4.69) is 31.2 Å². The Kier molecular flexibility index (Phi) is 11.0. The van der Waals surface area contributed by atoms with E-state index in [1.54, 1.807) is 42.5 Å². The second kappa shape index (κ2) is 15.9. The van der Waals surface area contributed by atoms with E-state index in [1.807, 2.05) is 54.6 Å². The summed E-state index contributed by atoms with van der Waals surface area (Å²) in [5.41, 5.74) is 3.69. The average molecular weight is 650 g/mol. The first kappa shape index (κ1) is 33.2. The number of benzene rings is 4. The Hall–Kier alpha value is -6.21. The van der Waals surface area contributed by atoms with Crippen LogP contribution < -0.4 is 35.5 Å². The molecule has 13 heteroatoms. The maximum atomic E-state index is 13.2. The monoisotopic (exact) mass is 649 g/mol. The standard InChI is InChI=1S/C35H35N7O6/c1-46-27-16-10-9-15-26(27)38-35(45)42-34-40-32(31(36-20-19-30(43)44)23-17-18-28(47-2)29(21-23)48-3)39-33(41-34)37-25-14-8-7-13-24(25)22-11-5-4-6-12-22/h4-18,21,31,36H,19-20H2,1-3H3,(H,43,44)(H3,37,38,39,40,41,42,45). The molecular formula is C35H35N7O6. The molecule has 0 saturated heterocycles. The number of carbonyl (C=O) groups excluding carboxylic acids is 1. The van der Waals surface area contributed by atoms with Crippen LogP contribution in [-0.4, -0.2) is 59.9 Å². The number of ether oxygens (including phenoxy) is 3. The van der Waals surface area contributed by atoms with Crippen LogP contribution in [0.5, 0.6) is 17.2 Å². The largest absolute Gasteiger partial charge is 0.495 e. The number of urea groups is 1. The van der Waals surface area contributed by atoms with Gasteiger partial charge in [-0.25, -0.2) is 4.79 Å². The van der Waals surface area contributed by atoms with E-state index in [1.165, 1.54) is 21.3 Å². The molecule has 0 bridgehead atoms. The summed E-state index contributed by atoms with van der Waals surface area (Å²) >= 11 is 0. The summed E-state index contributed by atoms with van der Waals surface area (Å²) in [5.74, 6) is 0.753. The van der Waals surface area contributed by atoms with Gasteiger partial charge in [0.25, 0.3) is 0 Å². The van der Waals surface area contributed by atoms with Crippen LogP contribution in [0.3, 0.4) is 0 Å². The van der Waals surface area contributed by atoms with E-state index in [4.69, 9.17) is 19.2 Å². The fourth-order valence-electron chi connectivity index (χ4n) is 4.93. The number of anilines is 4. The molecular weight excluding hydrogens is 614 g/mol. The fourth-order valence-corrected chi connectivity index (χ4v) is 4.93. The minimum Gasteiger partial charge on any atom is -0.495 e. The third-order valence-electron chi connectivity index (χ3n) is 7.18. The maximum Gasteiger partial charge on any atom is 0.326 e. The Labute approximate surface area is 277 Å². The summed E-state index contributed by atoms with van der Waals surface area (Å²) < 4.78 is 16.3. The van der Waals surface area contributed by atoms with Crippen LogP contribution in [0.1, 0.15) is 23.9 Å². The number of methoxy groups -OCH3 is 3. The lowest BCUT2D eigenvalue weighted by molar-refractivity contribution is -0.136. The minimum atomic E-state index is -0.973. The van der Waals surface area contributed by atoms with E-state index >= 15 is 0 Å². The number of aliphatic carboxylic acids is 1. The highest BCUT2D eigenvalue weighted by Crippen LogP contribution is 2.33. The van der Waals surface area contributed by atoms with Gasteiger partial charge in [0.2, 0.25) is 11.9 Å². The summed E-state index contributed by atoms with van der Waals surface area (Å²) in [6, 6.07) is 28.4. The van der Waals surface area contributed by atoms with Crippen molar-refractivity contribution in [1.29, 1.82) is 0 Å². The van der Waals surface area contributed by atoms with Crippen molar-refractivity contribution in [1.82, 2.24) is 20.3 Å². The number of nitrogens with zero attached hydrogens (tertiary/aromatic N) is 3. The van der Waals surface area contributed by atoms with E-state index in [0.29, 0.717) is 34.2 Å². The summed E-state index contributed by atoms with van der Waals surface area (Å²) in [7, 11) is 4.56. The molecule has 0 aliphatic carbocycles. The third-order valence-corrected chi connectivity index (χ3v) is 7.18. The average Bonchev–Trinajstić information content (AvgIpc) is 3.10. The van der Waals surface area contributed by atoms with Crippen LogP contribution >= 0.6 is 0 Å². The van der Waals surface area contributed by atoms with Gasteiger partial charge < -0.3 is 35.3 Å². The van der Waals surface area contributed by atoms with Crippen LogP contribution in [-0.2, 0) is 4.79 Å². The molecule has 1 heterocycles. The van der Waals surface area contributed by atoms with Gasteiger partial charge in [-0.3, -0.25) is 10.1 Å². The Bertz CT molecular complexity index is 1870. The highest BCUT2D eigenvalue weighted by molar-refractivity contribution is 5.99. The molecule has 0 spiro atoms. The number of aromatic nitrogens is 3. The first-order valence-corrected chi connectivity index (χ1v) is 14.9. The van der Waals surface area contributed by atoms with Crippen molar-refractivity contribution in [2.24, 2.45) is 0 Å². The zero-order chi connectivity index (χ0) is 33.9. The molecule has 1 unspecified atom stereocenters. The van der Waals surface area contributed by atoms with Crippen molar-refractivity contribution in [3.05, 3.63) is 108 Å². The molecule has 5 rings (SSSR count). The van der Waals surface area contributed by atoms with Gasteiger partial charge in [0.15, 0.2) is 17.3 Å². The number of hydrogen-bond donors (Lipinski definition) is 5. The zero-order valence-electron chi connectivity index (χ0n) is 26.6. The number of nitrogens with one attached hydrogen (secondary N) is 4. The lowest BCUT2D eigenvalue weighted by Gasteiger charge is -2.21. The Morgan fingerprint density at radius 1 is 0.708 bits per heavy atom. The second-order valence-electron chi connectivity index (χ2n) is 10.3. The molecule has 2 amide bonds. The van der Waals surface area contributed by atoms with Crippen LogP contribution in [0.4, 0.5) is 28.1 Å². The number of rotatable bonds is 14. The summed E-state index contributed by atoms with van der Waals surface area (Å²) in [5, 5.41) is 21.3. The van der Waals surface area contributed by atoms with E-state index in [0.717, 1.165) is 11.1 Å². The van der Waals surface area contributed by atoms with Crippen molar-refractivity contribution < 1.29 is 28.9 Å². The van der Waals surface area contributed by atoms with Gasteiger partial charge in [0, 0.05) is 17.8 Å². The number of amides is 2. The van der Waals surface area contributed by atoms with E-state index in [9.17, 15) is 14.7 Å². The fraction of sp³-hybridized carbons (Fsp3) is 0.171. The molecule has 0 saturated carbocycles. The number of hydrogen-bond acceptors (Lipinski definition) is 10. The quantitative estimate of drug-likeness (QED) is 0.0942. The van der Waals surface area contributed by atoms with Gasteiger partial charge in [0.1, 0.15) is 5.75 Å². The van der Waals surface area contributed by atoms with Crippen molar-refractivity contribution in [2.75, 3.05) is 43.8 Å². The number of carbonyl (C=O) groups is 2. The molecule has 0 fully saturated rings. The van der Waals surface area contributed by atoms with Crippen molar-refractivity contribution in [2.45, 2.75) is 12.5 Å². The lowest BCUT2D eigenvalue weighted by Crippen LogP contribution is -2.28. The molecule has 48 heavy (non-hydrogen) atoms. The van der Waals surface area contributed by atoms with E-state index in [-0.39, 0.29) is 30.7 Å². The molecule has 5 aromatic rings. The zero-order valence-corrected chi connectivity index (χ0v) is 26.6. The number of para-hydroxylation sites is 3. The Morgan fingerprint density at radius 3 is 2.10 bits per heavy atom. The highest BCUT2D eigenvalue weighted by atomic mass is 16.5. The molecule has 5 N–H and O–H groups in total. The highest BCUT2D eigenvalue weighted by Gasteiger charge is 2.23. The lowest BCUT2D eigenvalue weighted by atomic mass is 10.0. The summed E-state index contributed by atoms with van der Waals surface area (Å²) in [6.45, 7) is 0.0939. The van der Waals surface area contributed by atoms with Crippen molar-refractivity contribution in [3.8, 4) is 28.4 Å². The minimum absolute atomic E-state index is 0.0578. The van der Waals surface area contributed by atoms with Gasteiger partial charge in [-0.15, -0.1) is 0 Å².